The van der Waals surface area contributed by atoms with E-state index in [0.29, 0.717) is 10.7 Å². The van der Waals surface area contributed by atoms with Crippen molar-refractivity contribution in [3.05, 3.63) is 34.6 Å². The van der Waals surface area contributed by atoms with Gasteiger partial charge >= 0.3 is 0 Å². The fourth-order valence-electron chi connectivity index (χ4n) is 1.74. The van der Waals surface area contributed by atoms with Crippen LogP contribution in [0.15, 0.2) is 12.5 Å². The number of ketones is 1. The van der Waals surface area contributed by atoms with Gasteiger partial charge in [0.1, 0.15) is 5.69 Å². The minimum Gasteiger partial charge on any atom is -0.331 e. The van der Waals surface area contributed by atoms with Crippen molar-refractivity contribution in [3.8, 4) is 0 Å². The van der Waals surface area contributed by atoms with Gasteiger partial charge in [0.25, 0.3) is 0 Å². The predicted molar refractivity (Wildman–Crippen MR) is 64.2 cm³/mol. The van der Waals surface area contributed by atoms with E-state index in [1.807, 2.05) is 6.92 Å². The van der Waals surface area contributed by atoms with E-state index >= 15 is 0 Å². The molecular formula is C11H13ClN4O. The zero-order valence-corrected chi connectivity index (χ0v) is 10.7. The molecule has 0 aliphatic heterocycles. The number of imidazole rings is 1. The van der Waals surface area contributed by atoms with Gasteiger partial charge in [-0.15, -0.1) is 0 Å². The van der Waals surface area contributed by atoms with Crippen molar-refractivity contribution in [2.24, 2.45) is 14.1 Å². The van der Waals surface area contributed by atoms with Crippen LogP contribution in [0.5, 0.6) is 0 Å². The SMILES string of the molecule is Cc1nn(C)c(CC(=O)c2cncn2C)c1Cl. The van der Waals surface area contributed by atoms with Crippen LogP contribution >= 0.6 is 11.6 Å². The maximum atomic E-state index is 12.0. The van der Waals surface area contributed by atoms with Crippen LogP contribution in [0, 0.1) is 6.92 Å². The Morgan fingerprint density at radius 2 is 2.18 bits per heavy atom. The lowest BCUT2D eigenvalue weighted by atomic mass is 10.1. The summed E-state index contributed by atoms with van der Waals surface area (Å²) in [6, 6.07) is 0. The van der Waals surface area contributed by atoms with E-state index in [1.165, 1.54) is 0 Å². The van der Waals surface area contributed by atoms with Crippen LogP contribution < -0.4 is 0 Å². The van der Waals surface area contributed by atoms with Gasteiger partial charge in [-0.05, 0) is 6.92 Å². The predicted octanol–water partition coefficient (Wildman–Crippen LogP) is 1.54. The maximum Gasteiger partial charge on any atom is 0.186 e. The van der Waals surface area contributed by atoms with Crippen molar-refractivity contribution in [1.82, 2.24) is 19.3 Å². The third kappa shape index (κ3) is 2.10. The Bertz CT molecular complexity index is 570. The molecule has 0 spiro atoms. The number of halogens is 1. The second-order valence-electron chi connectivity index (χ2n) is 3.96. The van der Waals surface area contributed by atoms with Crippen LogP contribution in [0.2, 0.25) is 5.02 Å². The van der Waals surface area contributed by atoms with Crippen LogP contribution in [-0.4, -0.2) is 25.1 Å². The molecule has 6 heteroatoms. The number of hydrogen-bond donors (Lipinski definition) is 0. The van der Waals surface area contributed by atoms with E-state index in [9.17, 15) is 4.79 Å². The van der Waals surface area contributed by atoms with E-state index in [2.05, 4.69) is 10.1 Å². The molecule has 0 fully saturated rings. The van der Waals surface area contributed by atoms with Crippen LogP contribution in [0.3, 0.4) is 0 Å². The first-order valence-electron chi connectivity index (χ1n) is 5.18. The highest BCUT2D eigenvalue weighted by atomic mass is 35.5. The fraction of sp³-hybridized carbons (Fsp3) is 0.364. The number of Topliss-reactive ketones (excluding diaryl/α,β-unsaturated/α-hetero) is 1. The summed E-state index contributed by atoms with van der Waals surface area (Å²) in [6.45, 7) is 1.82. The number of hydrogen-bond acceptors (Lipinski definition) is 3. The van der Waals surface area contributed by atoms with Crippen molar-refractivity contribution in [3.63, 3.8) is 0 Å². The van der Waals surface area contributed by atoms with Gasteiger partial charge < -0.3 is 4.57 Å². The van der Waals surface area contributed by atoms with Gasteiger partial charge in [-0.3, -0.25) is 9.48 Å². The Hall–Kier alpha value is -1.62. The molecule has 5 nitrogen and oxygen atoms in total. The highest BCUT2D eigenvalue weighted by molar-refractivity contribution is 6.32. The van der Waals surface area contributed by atoms with Crippen molar-refractivity contribution in [2.75, 3.05) is 0 Å². The Morgan fingerprint density at radius 1 is 1.47 bits per heavy atom. The fourth-order valence-corrected chi connectivity index (χ4v) is 1.97. The number of nitrogens with zero attached hydrogens (tertiary/aromatic N) is 4. The lowest BCUT2D eigenvalue weighted by Crippen LogP contribution is -2.11. The molecule has 2 aromatic heterocycles. The Morgan fingerprint density at radius 3 is 2.65 bits per heavy atom. The summed E-state index contributed by atoms with van der Waals surface area (Å²) < 4.78 is 3.34. The lowest BCUT2D eigenvalue weighted by molar-refractivity contribution is 0.0983. The van der Waals surface area contributed by atoms with Crippen LogP contribution in [0.4, 0.5) is 0 Å². The number of rotatable bonds is 3. The second kappa shape index (κ2) is 4.33. The van der Waals surface area contributed by atoms with Crippen molar-refractivity contribution >= 4 is 17.4 Å². The summed E-state index contributed by atoms with van der Waals surface area (Å²) in [5.41, 5.74) is 2.04. The Labute approximate surface area is 104 Å². The molecule has 2 aromatic rings. The molecule has 0 aliphatic carbocycles. The largest absolute Gasteiger partial charge is 0.331 e. The first-order valence-corrected chi connectivity index (χ1v) is 5.56. The molecule has 17 heavy (non-hydrogen) atoms. The topological polar surface area (TPSA) is 52.7 Å². The van der Waals surface area contributed by atoms with Gasteiger partial charge in [-0.1, -0.05) is 11.6 Å². The summed E-state index contributed by atoms with van der Waals surface area (Å²) in [6.07, 6.45) is 3.39. The molecule has 2 rings (SSSR count). The second-order valence-corrected chi connectivity index (χ2v) is 4.34. The molecule has 0 amide bonds. The lowest BCUT2D eigenvalue weighted by Gasteiger charge is -2.03. The molecule has 0 radical (unpaired) electrons. The van der Waals surface area contributed by atoms with E-state index in [0.717, 1.165) is 11.4 Å². The Balaban J connectivity index is 2.28. The van der Waals surface area contributed by atoms with Gasteiger partial charge in [0.2, 0.25) is 0 Å². The smallest absolute Gasteiger partial charge is 0.186 e. The average molecular weight is 253 g/mol. The zero-order valence-electron chi connectivity index (χ0n) is 9.94. The number of carbonyl (C=O) groups excluding carboxylic acids is 1. The summed E-state index contributed by atoms with van der Waals surface area (Å²) in [5.74, 6) is -0.0186. The molecule has 2 heterocycles. The normalized spacial score (nSPS) is 10.8. The molecular weight excluding hydrogens is 240 g/mol. The molecule has 0 aliphatic rings. The summed E-state index contributed by atoms with van der Waals surface area (Å²) in [5, 5.41) is 4.74. The summed E-state index contributed by atoms with van der Waals surface area (Å²) in [7, 11) is 3.57. The third-order valence-corrected chi connectivity index (χ3v) is 3.18. The molecule has 0 aromatic carbocycles. The van der Waals surface area contributed by atoms with Crippen molar-refractivity contribution < 1.29 is 4.79 Å². The molecule has 0 saturated carbocycles. The average Bonchev–Trinajstić information content (AvgIpc) is 2.78. The van der Waals surface area contributed by atoms with E-state index in [4.69, 9.17) is 11.6 Å². The number of aryl methyl sites for hydroxylation is 3. The van der Waals surface area contributed by atoms with Crippen LogP contribution in [-0.2, 0) is 20.5 Å². The highest BCUT2D eigenvalue weighted by Gasteiger charge is 2.17. The van der Waals surface area contributed by atoms with Crippen LogP contribution in [0.25, 0.3) is 0 Å². The molecule has 0 saturated heterocycles. The van der Waals surface area contributed by atoms with Gasteiger partial charge in [0, 0.05) is 14.1 Å². The van der Waals surface area contributed by atoms with Gasteiger partial charge in [0.15, 0.2) is 5.78 Å². The Kier molecular flexibility index (Phi) is 3.02. The highest BCUT2D eigenvalue weighted by Crippen LogP contribution is 2.20. The number of carbonyl (C=O) groups is 1. The minimum absolute atomic E-state index is 0.0186. The van der Waals surface area contributed by atoms with Crippen molar-refractivity contribution in [2.45, 2.75) is 13.3 Å². The summed E-state index contributed by atoms with van der Waals surface area (Å²) >= 11 is 6.10. The van der Waals surface area contributed by atoms with E-state index in [-0.39, 0.29) is 12.2 Å². The zero-order chi connectivity index (χ0) is 12.6. The first kappa shape index (κ1) is 11.9. The first-order chi connectivity index (χ1) is 8.00. The van der Waals surface area contributed by atoms with Gasteiger partial charge in [-0.25, -0.2) is 4.98 Å². The third-order valence-electron chi connectivity index (χ3n) is 2.69. The quantitative estimate of drug-likeness (QED) is 0.779. The minimum atomic E-state index is -0.0186. The van der Waals surface area contributed by atoms with Crippen LogP contribution in [0.1, 0.15) is 21.9 Å². The summed E-state index contributed by atoms with van der Waals surface area (Å²) in [4.78, 5) is 16.0. The molecule has 0 bridgehead atoms. The van der Waals surface area contributed by atoms with Crippen molar-refractivity contribution in [1.29, 1.82) is 0 Å². The molecule has 90 valence electrons. The van der Waals surface area contributed by atoms with E-state index in [1.54, 1.807) is 35.9 Å². The molecule has 0 N–H and O–H groups in total. The maximum absolute atomic E-state index is 12.0. The van der Waals surface area contributed by atoms with E-state index < -0.39 is 0 Å². The standard InChI is InChI=1S/C11H13ClN4O/c1-7-11(12)8(16(3)14-7)4-10(17)9-5-13-6-15(9)2/h5-6H,4H2,1-3H3. The van der Waals surface area contributed by atoms with Gasteiger partial charge in [-0.2, -0.15) is 5.10 Å². The molecule has 0 unspecified atom stereocenters. The molecule has 0 atom stereocenters. The number of aromatic nitrogens is 4. The monoisotopic (exact) mass is 252 g/mol. The van der Waals surface area contributed by atoms with Gasteiger partial charge in [0.05, 0.1) is 35.4 Å².